The highest BCUT2D eigenvalue weighted by Gasteiger charge is 2.08. The summed E-state index contributed by atoms with van der Waals surface area (Å²) in [5.41, 5.74) is 1.38. The molecule has 86 valence electrons. The number of carbonyl (C=O) groups excluding carboxylic acids is 1. The topological polar surface area (TPSA) is 63.6 Å². The first-order chi connectivity index (χ1) is 7.54. The normalized spacial score (nSPS) is 9.88. The summed E-state index contributed by atoms with van der Waals surface area (Å²) in [4.78, 5) is 21.7. The molecule has 0 fully saturated rings. The van der Waals surface area contributed by atoms with Crippen LogP contribution in [0.25, 0.3) is 0 Å². The molecule has 0 unspecified atom stereocenters. The largest absolute Gasteiger partial charge is 0.482 e. The number of benzene rings is 1. The van der Waals surface area contributed by atoms with E-state index in [1.165, 1.54) is 0 Å². The first kappa shape index (κ1) is 12.7. The van der Waals surface area contributed by atoms with Crippen LogP contribution in [0.15, 0.2) is 18.2 Å². The average Bonchev–Trinajstić information content (AvgIpc) is 2.25. The molecule has 0 amide bonds. The number of halogens is 1. The van der Waals surface area contributed by atoms with Crippen LogP contribution in [0.3, 0.4) is 0 Å². The number of rotatable bonds is 5. The van der Waals surface area contributed by atoms with Gasteiger partial charge in [-0.3, -0.25) is 4.79 Å². The van der Waals surface area contributed by atoms with E-state index in [1.807, 2.05) is 0 Å². The lowest BCUT2D eigenvalue weighted by atomic mass is 10.1. The molecule has 0 heterocycles. The molecule has 1 aromatic rings. The van der Waals surface area contributed by atoms with Gasteiger partial charge in [-0.2, -0.15) is 0 Å². The molecule has 0 aliphatic heterocycles. The quantitative estimate of drug-likeness (QED) is 0.665. The number of hydrogen-bond acceptors (Lipinski definition) is 3. The van der Waals surface area contributed by atoms with Gasteiger partial charge in [0.1, 0.15) is 5.75 Å². The van der Waals surface area contributed by atoms with Crippen LogP contribution in [0.1, 0.15) is 15.9 Å². The number of ether oxygens (including phenoxy) is 1. The predicted molar refractivity (Wildman–Crippen MR) is 62.4 cm³/mol. The Labute approximate surface area is 101 Å². The monoisotopic (exact) mass is 286 g/mol. The molecule has 0 aromatic heterocycles. The summed E-state index contributed by atoms with van der Waals surface area (Å²) in [6.45, 7) is 1.40. The smallest absolute Gasteiger partial charge is 0.341 e. The van der Waals surface area contributed by atoms with E-state index < -0.39 is 5.97 Å². The SMILES string of the molecule is Cc1cc(OCC(=O)O)ccc1C(=O)CBr. The third-order valence-electron chi connectivity index (χ3n) is 1.98. The fourth-order valence-electron chi connectivity index (χ4n) is 1.26. The first-order valence-corrected chi connectivity index (χ1v) is 5.71. The molecule has 0 saturated heterocycles. The van der Waals surface area contributed by atoms with Gasteiger partial charge in [0.05, 0.1) is 5.33 Å². The molecule has 0 aliphatic rings. The molecule has 16 heavy (non-hydrogen) atoms. The van der Waals surface area contributed by atoms with Gasteiger partial charge < -0.3 is 9.84 Å². The molecule has 0 aliphatic carbocycles. The highest BCUT2D eigenvalue weighted by molar-refractivity contribution is 9.09. The Hall–Kier alpha value is -1.36. The number of carboxylic acid groups (broad SMARTS) is 1. The van der Waals surface area contributed by atoms with Gasteiger partial charge in [-0.25, -0.2) is 4.79 Å². The molecular formula is C11H11BrO4. The maximum absolute atomic E-state index is 11.4. The number of carboxylic acids is 1. The van der Waals surface area contributed by atoms with Crippen molar-refractivity contribution in [3.05, 3.63) is 29.3 Å². The van der Waals surface area contributed by atoms with Crippen molar-refractivity contribution in [3.8, 4) is 5.75 Å². The molecule has 0 saturated carbocycles. The van der Waals surface area contributed by atoms with Crippen LogP contribution in [0.5, 0.6) is 5.75 Å². The minimum Gasteiger partial charge on any atom is -0.482 e. The Kier molecular flexibility index (Phi) is 4.49. The van der Waals surface area contributed by atoms with Crippen molar-refractivity contribution in [2.45, 2.75) is 6.92 Å². The van der Waals surface area contributed by atoms with E-state index in [-0.39, 0.29) is 17.7 Å². The third-order valence-corrected chi connectivity index (χ3v) is 2.49. The number of carbonyl (C=O) groups is 2. The molecule has 0 bridgehead atoms. The number of alkyl halides is 1. The second kappa shape index (κ2) is 5.65. The fourth-order valence-corrected chi connectivity index (χ4v) is 1.56. The molecule has 1 N–H and O–H groups in total. The van der Waals surface area contributed by atoms with Crippen molar-refractivity contribution in [2.24, 2.45) is 0 Å². The van der Waals surface area contributed by atoms with E-state index in [0.717, 1.165) is 5.56 Å². The zero-order valence-corrected chi connectivity index (χ0v) is 10.3. The molecule has 0 atom stereocenters. The number of Topliss-reactive ketones (excluding diaryl/α,β-unsaturated/α-hetero) is 1. The van der Waals surface area contributed by atoms with Gasteiger partial charge in [0.25, 0.3) is 0 Å². The molecule has 1 aromatic carbocycles. The van der Waals surface area contributed by atoms with Crippen molar-refractivity contribution >= 4 is 27.7 Å². The van der Waals surface area contributed by atoms with Crippen LogP contribution in [0.2, 0.25) is 0 Å². The van der Waals surface area contributed by atoms with Gasteiger partial charge in [-0.05, 0) is 30.7 Å². The standard InChI is InChI=1S/C11H11BrO4/c1-7-4-8(16-6-11(14)15)2-3-9(7)10(13)5-12/h2-4H,5-6H2,1H3,(H,14,15). The van der Waals surface area contributed by atoms with Crippen LogP contribution < -0.4 is 4.74 Å². The molecule has 5 heteroatoms. The molecule has 0 spiro atoms. The molecule has 4 nitrogen and oxygen atoms in total. The fraction of sp³-hybridized carbons (Fsp3) is 0.273. The second-order valence-corrected chi connectivity index (χ2v) is 3.78. The minimum atomic E-state index is -1.03. The van der Waals surface area contributed by atoms with Crippen molar-refractivity contribution < 1.29 is 19.4 Å². The lowest BCUT2D eigenvalue weighted by Crippen LogP contribution is -2.10. The predicted octanol–water partition coefficient (Wildman–Crippen LogP) is 2.04. The van der Waals surface area contributed by atoms with E-state index in [2.05, 4.69) is 15.9 Å². The summed E-state index contributed by atoms with van der Waals surface area (Å²) < 4.78 is 4.99. The van der Waals surface area contributed by atoms with Crippen LogP contribution >= 0.6 is 15.9 Å². The molecular weight excluding hydrogens is 276 g/mol. The van der Waals surface area contributed by atoms with Crippen LogP contribution in [-0.2, 0) is 4.79 Å². The lowest BCUT2D eigenvalue weighted by Gasteiger charge is -2.07. The second-order valence-electron chi connectivity index (χ2n) is 3.22. The summed E-state index contributed by atoms with van der Waals surface area (Å²) in [5.74, 6) is -0.591. The molecule has 0 radical (unpaired) electrons. The van der Waals surface area contributed by atoms with Gasteiger partial charge in [-0.1, -0.05) is 15.9 Å². The van der Waals surface area contributed by atoms with Gasteiger partial charge in [-0.15, -0.1) is 0 Å². The zero-order valence-electron chi connectivity index (χ0n) is 8.70. The Morgan fingerprint density at radius 2 is 2.12 bits per heavy atom. The van der Waals surface area contributed by atoms with E-state index >= 15 is 0 Å². The Balaban J connectivity index is 2.82. The number of aliphatic carboxylic acids is 1. The molecule has 1 rings (SSSR count). The average molecular weight is 287 g/mol. The maximum Gasteiger partial charge on any atom is 0.341 e. The summed E-state index contributed by atoms with van der Waals surface area (Å²) in [6, 6.07) is 4.88. The van der Waals surface area contributed by atoms with Crippen molar-refractivity contribution in [3.63, 3.8) is 0 Å². The van der Waals surface area contributed by atoms with Gasteiger partial charge in [0.2, 0.25) is 0 Å². The van der Waals surface area contributed by atoms with Crippen LogP contribution in [0.4, 0.5) is 0 Å². The maximum atomic E-state index is 11.4. The summed E-state index contributed by atoms with van der Waals surface area (Å²) >= 11 is 3.10. The summed E-state index contributed by atoms with van der Waals surface area (Å²) in [7, 11) is 0. The number of ketones is 1. The van der Waals surface area contributed by atoms with Gasteiger partial charge in [0, 0.05) is 5.56 Å². The van der Waals surface area contributed by atoms with E-state index in [0.29, 0.717) is 11.3 Å². The Morgan fingerprint density at radius 3 is 2.62 bits per heavy atom. The first-order valence-electron chi connectivity index (χ1n) is 4.59. The Morgan fingerprint density at radius 1 is 1.44 bits per heavy atom. The summed E-state index contributed by atoms with van der Waals surface area (Å²) in [5, 5.41) is 8.71. The highest BCUT2D eigenvalue weighted by atomic mass is 79.9. The third kappa shape index (κ3) is 3.34. The minimum absolute atomic E-state index is 0.0118. The van der Waals surface area contributed by atoms with Crippen LogP contribution in [-0.4, -0.2) is 28.8 Å². The number of aryl methyl sites for hydroxylation is 1. The van der Waals surface area contributed by atoms with E-state index in [4.69, 9.17) is 9.84 Å². The Bertz CT molecular complexity index is 414. The zero-order chi connectivity index (χ0) is 12.1. The lowest BCUT2D eigenvalue weighted by molar-refractivity contribution is -0.139. The van der Waals surface area contributed by atoms with E-state index in [9.17, 15) is 9.59 Å². The highest BCUT2D eigenvalue weighted by Crippen LogP contribution is 2.18. The van der Waals surface area contributed by atoms with Crippen molar-refractivity contribution in [1.29, 1.82) is 0 Å². The van der Waals surface area contributed by atoms with Crippen molar-refractivity contribution in [1.82, 2.24) is 0 Å². The van der Waals surface area contributed by atoms with E-state index in [1.54, 1.807) is 25.1 Å². The number of hydrogen-bond donors (Lipinski definition) is 1. The van der Waals surface area contributed by atoms with Gasteiger partial charge in [0.15, 0.2) is 12.4 Å². The van der Waals surface area contributed by atoms with Gasteiger partial charge >= 0.3 is 5.97 Å². The van der Waals surface area contributed by atoms with Crippen molar-refractivity contribution in [2.75, 3.05) is 11.9 Å². The van der Waals surface area contributed by atoms with Crippen LogP contribution in [0, 0.1) is 6.92 Å². The summed E-state index contributed by atoms with van der Waals surface area (Å²) in [6.07, 6.45) is 0.